The Balaban J connectivity index is 0.000000953. The smallest absolute Gasteiger partial charge is 0.252 e. The number of rotatable bonds is 9. The van der Waals surface area contributed by atoms with Crippen LogP contribution in [0.25, 0.3) is 11.1 Å². The van der Waals surface area contributed by atoms with Crippen LogP contribution in [0.2, 0.25) is 0 Å². The molecule has 0 radical (unpaired) electrons. The van der Waals surface area contributed by atoms with Crippen LogP contribution in [0, 0.1) is 12.8 Å². The second-order valence-corrected chi connectivity index (χ2v) is 11.3. The first-order valence-electron chi connectivity index (χ1n) is 15.5. The molecular weight excluding hydrogens is 538 g/mol. The molecular formula is C35H51N5O3. The van der Waals surface area contributed by atoms with Crippen molar-refractivity contribution < 1.29 is 14.3 Å². The molecule has 43 heavy (non-hydrogen) atoms. The van der Waals surface area contributed by atoms with Gasteiger partial charge in [-0.1, -0.05) is 19.9 Å². The second kappa shape index (κ2) is 16.3. The van der Waals surface area contributed by atoms with Gasteiger partial charge in [-0.3, -0.25) is 14.5 Å². The number of benzene rings is 2. The van der Waals surface area contributed by atoms with Crippen molar-refractivity contribution in [2.75, 3.05) is 58.8 Å². The number of hydrogen-bond acceptors (Lipinski definition) is 6. The number of methoxy groups -OCH3 is 1. The van der Waals surface area contributed by atoms with Crippen molar-refractivity contribution in [3.63, 3.8) is 0 Å². The fourth-order valence-corrected chi connectivity index (χ4v) is 5.28. The number of aryl methyl sites for hydroxylation is 2. The third kappa shape index (κ3) is 9.18. The molecule has 2 aliphatic rings. The van der Waals surface area contributed by atoms with Crippen molar-refractivity contribution in [3.05, 3.63) is 71.0 Å². The van der Waals surface area contributed by atoms with E-state index in [9.17, 15) is 9.59 Å². The van der Waals surface area contributed by atoms with E-state index in [1.54, 1.807) is 11.7 Å². The number of aromatic nitrogens is 1. The molecule has 0 bridgehead atoms. The molecule has 1 amide bonds. The first-order valence-corrected chi connectivity index (χ1v) is 15.5. The van der Waals surface area contributed by atoms with Crippen molar-refractivity contribution in [2.24, 2.45) is 13.0 Å². The minimum Gasteiger partial charge on any atom is -0.497 e. The predicted octanol–water partition coefficient (Wildman–Crippen LogP) is 5.71. The lowest BCUT2D eigenvalue weighted by Gasteiger charge is -2.36. The van der Waals surface area contributed by atoms with Crippen LogP contribution < -0.4 is 20.3 Å². The summed E-state index contributed by atoms with van der Waals surface area (Å²) < 4.78 is 7.36. The molecule has 1 saturated heterocycles. The van der Waals surface area contributed by atoms with Gasteiger partial charge in [0.05, 0.1) is 18.8 Å². The molecule has 5 rings (SSSR count). The quantitative estimate of drug-likeness (QED) is 0.312. The number of nitrogens with one attached hydrogen (secondary N) is 2. The van der Waals surface area contributed by atoms with Gasteiger partial charge in [-0.2, -0.15) is 0 Å². The summed E-state index contributed by atoms with van der Waals surface area (Å²) in [6.45, 7) is 13.4. The van der Waals surface area contributed by atoms with Crippen LogP contribution in [0.15, 0.2) is 48.7 Å². The molecule has 2 aromatic carbocycles. The summed E-state index contributed by atoms with van der Waals surface area (Å²) in [5.41, 5.74) is 6.17. The van der Waals surface area contributed by atoms with Gasteiger partial charge in [0.25, 0.3) is 5.91 Å². The number of aldehydes is 1. The fraction of sp³-hybridized carbons (Fsp3) is 0.486. The zero-order valence-electron chi connectivity index (χ0n) is 27.4. The van der Waals surface area contributed by atoms with E-state index in [0.717, 1.165) is 66.3 Å². The van der Waals surface area contributed by atoms with Gasteiger partial charge in [0.15, 0.2) is 6.29 Å². The maximum atomic E-state index is 13.4. The Labute approximate surface area is 258 Å². The summed E-state index contributed by atoms with van der Waals surface area (Å²) in [5, 5.41) is 5.94. The van der Waals surface area contributed by atoms with E-state index in [1.807, 2.05) is 85.4 Å². The van der Waals surface area contributed by atoms with E-state index in [2.05, 4.69) is 32.6 Å². The standard InChI is InChI=1S/C31H38N4O3.C2H7N.C2H6/c1-21-5-8-27(35-11-9-34(10-12-35)18-23-6-7-23)17-30(21)31(37)32-22(2)24-13-25(16-29(15-24)38-4)26-14-28(20-36)33(3)19-26;1-3-2;1-2/h5,8,13-17,19-20,22-23H,6-7,9-12,18H2,1-4H3,(H,32,37);3H,1-2H3;1-2H3. The van der Waals surface area contributed by atoms with Gasteiger partial charge in [-0.15, -0.1) is 0 Å². The van der Waals surface area contributed by atoms with Crippen LogP contribution in [0.1, 0.15) is 71.6 Å². The summed E-state index contributed by atoms with van der Waals surface area (Å²) in [4.78, 5) is 29.8. The predicted molar refractivity (Wildman–Crippen MR) is 178 cm³/mol. The molecule has 8 heteroatoms. The normalized spacial score (nSPS) is 15.4. The minimum atomic E-state index is -0.236. The Morgan fingerprint density at radius 3 is 2.28 bits per heavy atom. The SMILES string of the molecule is CC.CNC.COc1cc(-c2cc(C=O)n(C)c2)cc(C(C)NC(=O)c2cc(N3CCN(CC4CC4)CC3)ccc2C)c1. The van der Waals surface area contributed by atoms with Gasteiger partial charge in [0, 0.05) is 62.8 Å². The summed E-state index contributed by atoms with van der Waals surface area (Å²) in [5.74, 6) is 1.53. The van der Waals surface area contributed by atoms with E-state index in [1.165, 1.54) is 19.4 Å². The van der Waals surface area contributed by atoms with Crippen molar-refractivity contribution in [2.45, 2.75) is 46.6 Å². The lowest BCUT2D eigenvalue weighted by atomic mass is 10.00. The number of carbonyl (C=O) groups is 2. The van der Waals surface area contributed by atoms with Gasteiger partial charge < -0.3 is 24.8 Å². The maximum absolute atomic E-state index is 13.4. The largest absolute Gasteiger partial charge is 0.497 e. The van der Waals surface area contributed by atoms with Crippen molar-refractivity contribution in [1.82, 2.24) is 20.1 Å². The average Bonchev–Trinajstić information content (AvgIpc) is 3.76. The molecule has 0 spiro atoms. The van der Waals surface area contributed by atoms with E-state index in [-0.39, 0.29) is 11.9 Å². The highest BCUT2D eigenvalue weighted by atomic mass is 16.5. The lowest BCUT2D eigenvalue weighted by molar-refractivity contribution is 0.0939. The third-order valence-electron chi connectivity index (χ3n) is 7.93. The van der Waals surface area contributed by atoms with E-state index in [4.69, 9.17) is 4.74 Å². The van der Waals surface area contributed by atoms with Crippen molar-refractivity contribution in [1.29, 1.82) is 0 Å². The minimum absolute atomic E-state index is 0.0865. The fourth-order valence-electron chi connectivity index (χ4n) is 5.28. The number of carbonyl (C=O) groups excluding carboxylic acids is 2. The molecule has 234 valence electrons. The van der Waals surface area contributed by atoms with E-state index < -0.39 is 0 Å². The molecule has 2 heterocycles. The number of ether oxygens (including phenoxy) is 1. The number of piperazine rings is 1. The van der Waals surface area contributed by atoms with Crippen LogP contribution >= 0.6 is 0 Å². The van der Waals surface area contributed by atoms with Crippen LogP contribution in [0.4, 0.5) is 5.69 Å². The molecule has 1 aliphatic carbocycles. The molecule has 8 nitrogen and oxygen atoms in total. The lowest BCUT2D eigenvalue weighted by Crippen LogP contribution is -2.47. The summed E-state index contributed by atoms with van der Waals surface area (Å²) in [7, 11) is 7.23. The van der Waals surface area contributed by atoms with Gasteiger partial charge in [-0.05, 0) is 99.8 Å². The molecule has 3 aromatic rings. The molecule has 1 aromatic heterocycles. The molecule has 1 aliphatic heterocycles. The van der Waals surface area contributed by atoms with Crippen molar-refractivity contribution in [3.8, 4) is 16.9 Å². The summed E-state index contributed by atoms with van der Waals surface area (Å²) >= 11 is 0. The van der Waals surface area contributed by atoms with Gasteiger partial charge in [-0.25, -0.2) is 0 Å². The molecule has 1 atom stereocenters. The Kier molecular flexibility index (Phi) is 12.8. The summed E-state index contributed by atoms with van der Waals surface area (Å²) in [6, 6.07) is 13.8. The highest BCUT2D eigenvalue weighted by Crippen LogP contribution is 2.31. The van der Waals surface area contributed by atoms with Crippen LogP contribution in [-0.4, -0.2) is 75.6 Å². The monoisotopic (exact) mass is 589 g/mol. The number of nitrogens with zero attached hydrogens (tertiary/aromatic N) is 3. The first kappa shape index (κ1) is 33.9. The van der Waals surface area contributed by atoms with E-state index >= 15 is 0 Å². The zero-order chi connectivity index (χ0) is 31.5. The molecule has 2 fully saturated rings. The zero-order valence-corrected chi connectivity index (χ0v) is 27.4. The number of anilines is 1. The summed E-state index contributed by atoms with van der Waals surface area (Å²) in [6.07, 6.45) is 5.54. The van der Waals surface area contributed by atoms with Crippen LogP contribution in [0.3, 0.4) is 0 Å². The third-order valence-corrected chi connectivity index (χ3v) is 7.93. The van der Waals surface area contributed by atoms with Crippen LogP contribution in [-0.2, 0) is 7.05 Å². The highest BCUT2D eigenvalue weighted by molar-refractivity contribution is 5.97. The highest BCUT2D eigenvalue weighted by Gasteiger charge is 2.27. The second-order valence-electron chi connectivity index (χ2n) is 11.3. The van der Waals surface area contributed by atoms with Gasteiger partial charge in [0.2, 0.25) is 0 Å². The number of amides is 1. The van der Waals surface area contributed by atoms with E-state index in [0.29, 0.717) is 17.0 Å². The molecule has 1 saturated carbocycles. The Morgan fingerprint density at radius 1 is 1.02 bits per heavy atom. The maximum Gasteiger partial charge on any atom is 0.252 e. The molecule has 2 N–H and O–H groups in total. The Hall–Kier alpha value is -3.62. The van der Waals surface area contributed by atoms with Crippen LogP contribution in [0.5, 0.6) is 5.75 Å². The first-order chi connectivity index (χ1) is 20.8. The Bertz CT molecular complexity index is 1340. The Morgan fingerprint density at radius 2 is 1.70 bits per heavy atom. The van der Waals surface area contributed by atoms with Gasteiger partial charge in [0.1, 0.15) is 5.75 Å². The number of hydrogen-bond donors (Lipinski definition) is 2. The topological polar surface area (TPSA) is 78.8 Å². The molecule has 1 unspecified atom stereocenters. The van der Waals surface area contributed by atoms with Crippen molar-refractivity contribution >= 4 is 17.9 Å². The average molecular weight is 590 g/mol. The van der Waals surface area contributed by atoms with Gasteiger partial charge >= 0.3 is 0 Å².